The quantitative estimate of drug-likeness (QED) is 0.844. The van der Waals surface area contributed by atoms with Crippen molar-refractivity contribution in [2.24, 2.45) is 0 Å². The number of hydrogen-bond acceptors (Lipinski definition) is 2. The smallest absolute Gasteiger partial charge is 0.203 e. The fraction of sp³-hybridized carbons (Fsp3) is 0.312. The summed E-state index contributed by atoms with van der Waals surface area (Å²) in [7, 11) is 0. The highest BCUT2D eigenvalue weighted by atomic mass is 15.2. The molecule has 0 saturated heterocycles. The summed E-state index contributed by atoms with van der Waals surface area (Å²) < 4.78 is 2.09. The molecule has 0 fully saturated rings. The molecule has 0 radical (unpaired) electrons. The first-order valence-corrected chi connectivity index (χ1v) is 6.85. The van der Waals surface area contributed by atoms with Crippen molar-refractivity contribution in [1.29, 1.82) is 0 Å². The average Bonchev–Trinajstić information content (AvgIpc) is 2.87. The zero-order valence-electron chi connectivity index (χ0n) is 11.0. The van der Waals surface area contributed by atoms with Crippen molar-refractivity contribution in [3.8, 4) is 0 Å². The van der Waals surface area contributed by atoms with Gasteiger partial charge in [-0.25, -0.2) is 4.98 Å². The van der Waals surface area contributed by atoms with Crippen LogP contribution in [0.4, 0.5) is 5.95 Å². The summed E-state index contributed by atoms with van der Waals surface area (Å²) in [5.74, 6) is 0.932. The number of anilines is 1. The van der Waals surface area contributed by atoms with Crippen LogP contribution in [-0.2, 0) is 13.0 Å². The third kappa shape index (κ3) is 2.41. The number of hydrogen-bond donors (Lipinski definition) is 1. The van der Waals surface area contributed by atoms with Gasteiger partial charge in [-0.1, -0.05) is 30.3 Å². The molecule has 0 aliphatic heterocycles. The molecule has 1 heterocycles. The molecule has 1 N–H and O–H groups in total. The van der Waals surface area contributed by atoms with Gasteiger partial charge in [-0.2, -0.15) is 0 Å². The molecule has 19 heavy (non-hydrogen) atoms. The van der Waals surface area contributed by atoms with Gasteiger partial charge in [-0.05, 0) is 30.4 Å². The Bertz CT molecular complexity index is 571. The SMILES string of the molecule is C=CCn1ccnc1NC1CCCc2ccccc21. The number of aromatic nitrogens is 2. The summed E-state index contributed by atoms with van der Waals surface area (Å²) in [5, 5.41) is 3.57. The van der Waals surface area contributed by atoms with Crippen LogP contribution in [0.1, 0.15) is 30.0 Å². The molecule has 3 rings (SSSR count). The minimum Gasteiger partial charge on any atom is -0.349 e. The molecule has 1 unspecified atom stereocenters. The Kier molecular flexibility index (Phi) is 3.36. The highest BCUT2D eigenvalue weighted by Crippen LogP contribution is 2.31. The minimum absolute atomic E-state index is 0.371. The number of benzene rings is 1. The Morgan fingerprint density at radius 3 is 3.21 bits per heavy atom. The van der Waals surface area contributed by atoms with Gasteiger partial charge in [0.15, 0.2) is 0 Å². The predicted octanol–water partition coefficient (Wildman–Crippen LogP) is 3.56. The first-order chi connectivity index (χ1) is 9.38. The van der Waals surface area contributed by atoms with Gasteiger partial charge in [0.2, 0.25) is 5.95 Å². The Morgan fingerprint density at radius 2 is 2.32 bits per heavy atom. The van der Waals surface area contributed by atoms with E-state index in [1.54, 1.807) is 0 Å². The lowest BCUT2D eigenvalue weighted by Crippen LogP contribution is -2.19. The second-order valence-electron chi connectivity index (χ2n) is 4.98. The summed E-state index contributed by atoms with van der Waals surface area (Å²) >= 11 is 0. The van der Waals surface area contributed by atoms with Crippen molar-refractivity contribution in [2.75, 3.05) is 5.32 Å². The fourth-order valence-corrected chi connectivity index (χ4v) is 2.80. The number of nitrogens with one attached hydrogen (secondary N) is 1. The van der Waals surface area contributed by atoms with E-state index in [1.807, 2.05) is 18.5 Å². The van der Waals surface area contributed by atoms with Crippen LogP contribution in [0.25, 0.3) is 0 Å². The normalized spacial score (nSPS) is 17.8. The van der Waals surface area contributed by atoms with Crippen LogP contribution in [0.2, 0.25) is 0 Å². The van der Waals surface area contributed by atoms with Gasteiger partial charge in [0.1, 0.15) is 0 Å². The maximum Gasteiger partial charge on any atom is 0.203 e. The Morgan fingerprint density at radius 1 is 1.42 bits per heavy atom. The van der Waals surface area contributed by atoms with Crippen molar-refractivity contribution in [2.45, 2.75) is 31.8 Å². The van der Waals surface area contributed by atoms with Crippen molar-refractivity contribution >= 4 is 5.95 Å². The van der Waals surface area contributed by atoms with Crippen molar-refractivity contribution < 1.29 is 0 Å². The van der Waals surface area contributed by atoms with E-state index in [0.717, 1.165) is 18.9 Å². The van der Waals surface area contributed by atoms with E-state index in [4.69, 9.17) is 0 Å². The van der Waals surface area contributed by atoms with E-state index in [9.17, 15) is 0 Å². The van der Waals surface area contributed by atoms with Gasteiger partial charge < -0.3 is 9.88 Å². The molecule has 2 aromatic rings. The lowest BCUT2D eigenvalue weighted by molar-refractivity contribution is 0.592. The van der Waals surface area contributed by atoms with E-state index in [2.05, 4.69) is 45.7 Å². The average molecular weight is 253 g/mol. The molecule has 0 amide bonds. The zero-order valence-corrected chi connectivity index (χ0v) is 11.0. The number of nitrogens with zero attached hydrogens (tertiary/aromatic N) is 2. The lowest BCUT2D eigenvalue weighted by atomic mass is 9.88. The van der Waals surface area contributed by atoms with Crippen LogP contribution >= 0.6 is 0 Å². The molecule has 98 valence electrons. The van der Waals surface area contributed by atoms with Gasteiger partial charge in [0.05, 0.1) is 6.04 Å². The zero-order chi connectivity index (χ0) is 13.1. The predicted molar refractivity (Wildman–Crippen MR) is 78.2 cm³/mol. The van der Waals surface area contributed by atoms with E-state index in [-0.39, 0.29) is 0 Å². The maximum absolute atomic E-state index is 4.41. The Labute approximate surface area is 114 Å². The third-order valence-corrected chi connectivity index (χ3v) is 3.71. The molecule has 3 heteroatoms. The molecule has 0 saturated carbocycles. The van der Waals surface area contributed by atoms with Gasteiger partial charge in [0.25, 0.3) is 0 Å². The highest BCUT2D eigenvalue weighted by Gasteiger charge is 2.20. The molecule has 1 aromatic carbocycles. The van der Waals surface area contributed by atoms with Gasteiger partial charge in [-0.15, -0.1) is 6.58 Å². The highest BCUT2D eigenvalue weighted by molar-refractivity contribution is 5.39. The molecular formula is C16H19N3. The number of rotatable bonds is 4. The molecular weight excluding hydrogens is 234 g/mol. The maximum atomic E-state index is 4.41. The monoisotopic (exact) mass is 253 g/mol. The molecule has 3 nitrogen and oxygen atoms in total. The van der Waals surface area contributed by atoms with Crippen LogP contribution < -0.4 is 5.32 Å². The summed E-state index contributed by atoms with van der Waals surface area (Å²) in [4.78, 5) is 4.41. The first-order valence-electron chi connectivity index (χ1n) is 6.85. The van der Waals surface area contributed by atoms with Gasteiger partial charge in [-0.3, -0.25) is 0 Å². The van der Waals surface area contributed by atoms with Gasteiger partial charge >= 0.3 is 0 Å². The van der Waals surface area contributed by atoms with E-state index in [0.29, 0.717) is 6.04 Å². The molecule has 1 aliphatic carbocycles. The molecule has 0 bridgehead atoms. The van der Waals surface area contributed by atoms with Gasteiger partial charge in [0, 0.05) is 18.9 Å². The first kappa shape index (κ1) is 12.0. The topological polar surface area (TPSA) is 29.9 Å². The summed E-state index contributed by atoms with van der Waals surface area (Å²) in [6.07, 6.45) is 9.30. The summed E-state index contributed by atoms with van der Waals surface area (Å²) in [6, 6.07) is 9.08. The fourth-order valence-electron chi connectivity index (χ4n) is 2.80. The minimum atomic E-state index is 0.371. The van der Waals surface area contributed by atoms with E-state index < -0.39 is 0 Å². The summed E-state index contributed by atoms with van der Waals surface area (Å²) in [5.41, 5.74) is 2.88. The van der Waals surface area contributed by atoms with Crippen molar-refractivity contribution in [1.82, 2.24) is 9.55 Å². The van der Waals surface area contributed by atoms with Crippen molar-refractivity contribution in [3.63, 3.8) is 0 Å². The van der Waals surface area contributed by atoms with E-state index in [1.165, 1.54) is 24.0 Å². The van der Waals surface area contributed by atoms with Crippen LogP contribution in [0.3, 0.4) is 0 Å². The van der Waals surface area contributed by atoms with Crippen LogP contribution in [0.5, 0.6) is 0 Å². The number of imidazole rings is 1. The van der Waals surface area contributed by atoms with Crippen LogP contribution in [0.15, 0.2) is 49.3 Å². The number of fused-ring (bicyclic) bond motifs is 1. The second-order valence-corrected chi connectivity index (χ2v) is 4.98. The second kappa shape index (κ2) is 5.31. The van der Waals surface area contributed by atoms with Crippen molar-refractivity contribution in [3.05, 3.63) is 60.4 Å². The Hall–Kier alpha value is -2.03. The Balaban J connectivity index is 1.84. The number of allylic oxidation sites excluding steroid dienone is 1. The molecule has 0 spiro atoms. The standard InChI is InChI=1S/C16H19N3/c1-2-11-19-12-10-17-16(19)18-15-9-5-7-13-6-3-4-8-14(13)15/h2-4,6,8,10,12,15H,1,5,7,9,11H2,(H,17,18). The lowest BCUT2D eigenvalue weighted by Gasteiger charge is -2.26. The van der Waals surface area contributed by atoms with Crippen LogP contribution in [-0.4, -0.2) is 9.55 Å². The van der Waals surface area contributed by atoms with Crippen LogP contribution in [0, 0.1) is 0 Å². The summed E-state index contributed by atoms with van der Waals surface area (Å²) in [6.45, 7) is 4.57. The molecule has 1 aromatic heterocycles. The van der Waals surface area contributed by atoms with E-state index >= 15 is 0 Å². The molecule has 1 aliphatic rings. The number of aryl methyl sites for hydroxylation is 1. The molecule has 1 atom stereocenters. The third-order valence-electron chi connectivity index (χ3n) is 3.71. The largest absolute Gasteiger partial charge is 0.349 e.